The molecule has 0 radical (unpaired) electrons. The van der Waals surface area contributed by atoms with Gasteiger partial charge in [-0.15, -0.1) is 0 Å². The van der Waals surface area contributed by atoms with Crippen LogP contribution < -0.4 is 22.2 Å². The van der Waals surface area contributed by atoms with Gasteiger partial charge >= 0.3 is 11.3 Å². The summed E-state index contributed by atoms with van der Waals surface area (Å²) < 4.78 is 7.83. The molecule has 0 aliphatic carbocycles. The normalized spacial score (nSPS) is 11.5. The van der Waals surface area contributed by atoms with Gasteiger partial charge in [-0.05, 0) is 24.1 Å². The number of nitrogens with one attached hydrogen (secondary N) is 2. The molecule has 1 amide bonds. The van der Waals surface area contributed by atoms with Gasteiger partial charge in [0.15, 0.2) is 5.58 Å². The predicted molar refractivity (Wildman–Crippen MR) is 113 cm³/mol. The highest BCUT2D eigenvalue weighted by atomic mass is 16.4. The van der Waals surface area contributed by atoms with Crippen molar-refractivity contribution in [2.45, 2.75) is 20.4 Å². The van der Waals surface area contributed by atoms with Gasteiger partial charge in [-0.2, -0.15) is 0 Å². The summed E-state index contributed by atoms with van der Waals surface area (Å²) in [6, 6.07) is 9.84. The molecule has 4 aromatic rings. The number of H-pyrrole nitrogens is 1. The number of fused-ring (bicyclic) bond motifs is 3. The van der Waals surface area contributed by atoms with Gasteiger partial charge in [0.05, 0.1) is 5.52 Å². The molecule has 9 heteroatoms. The van der Waals surface area contributed by atoms with Crippen molar-refractivity contribution in [3.8, 4) is 0 Å². The summed E-state index contributed by atoms with van der Waals surface area (Å²) in [7, 11) is 1.38. The maximum atomic E-state index is 12.7. The zero-order chi connectivity index (χ0) is 21.6. The molecule has 30 heavy (non-hydrogen) atoms. The van der Waals surface area contributed by atoms with Crippen LogP contribution in [-0.2, 0) is 13.6 Å². The Kier molecular flexibility index (Phi) is 4.65. The lowest BCUT2D eigenvalue weighted by molar-refractivity contribution is 0.102. The minimum absolute atomic E-state index is 0.0471. The minimum Gasteiger partial charge on any atom is -0.419 e. The van der Waals surface area contributed by atoms with Crippen LogP contribution in [0.5, 0.6) is 0 Å². The fourth-order valence-electron chi connectivity index (χ4n) is 3.39. The first kappa shape index (κ1) is 19.4. The molecule has 0 saturated heterocycles. The molecule has 0 atom stereocenters. The fourth-order valence-corrected chi connectivity index (χ4v) is 3.39. The minimum atomic E-state index is -0.795. The van der Waals surface area contributed by atoms with Crippen molar-refractivity contribution in [1.82, 2.24) is 14.1 Å². The largest absolute Gasteiger partial charge is 0.419 e. The van der Waals surface area contributed by atoms with Gasteiger partial charge in [0.25, 0.3) is 11.5 Å². The molecular formula is C21H20N4O5. The maximum absolute atomic E-state index is 12.7. The van der Waals surface area contributed by atoms with Crippen molar-refractivity contribution >= 4 is 33.7 Å². The average molecular weight is 408 g/mol. The van der Waals surface area contributed by atoms with Crippen molar-refractivity contribution in [2.75, 3.05) is 5.32 Å². The number of hydrogen-bond donors (Lipinski definition) is 2. The second-order valence-electron chi connectivity index (χ2n) is 7.51. The van der Waals surface area contributed by atoms with E-state index >= 15 is 0 Å². The molecule has 0 unspecified atom stereocenters. The Morgan fingerprint density at radius 1 is 1.17 bits per heavy atom. The van der Waals surface area contributed by atoms with Crippen LogP contribution in [0.25, 0.3) is 22.1 Å². The molecular weight excluding hydrogens is 388 g/mol. The summed E-state index contributed by atoms with van der Waals surface area (Å²) in [5.74, 6) is -0.325. The molecule has 0 spiro atoms. The van der Waals surface area contributed by atoms with E-state index in [9.17, 15) is 19.2 Å². The quantitative estimate of drug-likeness (QED) is 0.536. The summed E-state index contributed by atoms with van der Waals surface area (Å²) in [6.07, 6.45) is 0. The molecule has 154 valence electrons. The third-order valence-corrected chi connectivity index (χ3v) is 4.80. The van der Waals surface area contributed by atoms with Gasteiger partial charge in [0.2, 0.25) is 0 Å². The van der Waals surface area contributed by atoms with Crippen LogP contribution in [0.3, 0.4) is 0 Å². The third-order valence-electron chi connectivity index (χ3n) is 4.80. The van der Waals surface area contributed by atoms with Crippen molar-refractivity contribution in [2.24, 2.45) is 13.0 Å². The predicted octanol–water partition coefficient (Wildman–Crippen LogP) is 2.04. The van der Waals surface area contributed by atoms with Crippen LogP contribution in [0.15, 0.2) is 55.2 Å². The first-order valence-corrected chi connectivity index (χ1v) is 9.43. The Labute approximate surface area is 169 Å². The molecule has 0 fully saturated rings. The molecule has 9 nitrogen and oxygen atoms in total. The Hall–Kier alpha value is -3.88. The van der Waals surface area contributed by atoms with Crippen molar-refractivity contribution in [3.05, 3.63) is 73.2 Å². The summed E-state index contributed by atoms with van der Waals surface area (Å²) in [6.45, 7) is 4.27. The first-order chi connectivity index (χ1) is 14.3. The lowest BCUT2D eigenvalue weighted by atomic mass is 10.2. The molecule has 4 rings (SSSR count). The standard InChI is InChI=1S/C21H20N4O5/c1-11(2)10-25-17-15(19(27)24(3)21(25)29)16-13(22-17)9-14(20(28)30-16)23-18(26)12-7-5-4-6-8-12/h4-9,11,22H,10H2,1-3H3,(H,23,26). The fraction of sp³-hybridized carbons (Fsp3) is 0.238. The Bertz CT molecular complexity index is 1450. The van der Waals surface area contributed by atoms with Crippen molar-refractivity contribution < 1.29 is 9.21 Å². The first-order valence-electron chi connectivity index (χ1n) is 9.43. The molecule has 1 aromatic carbocycles. The SMILES string of the molecule is CC(C)Cn1c(=O)n(C)c(=O)c2c3oc(=O)c(NC(=O)c4ccccc4)cc3[nH]c21. The highest BCUT2D eigenvalue weighted by molar-refractivity contribution is 6.06. The topological polar surface area (TPSA) is 119 Å². The molecule has 0 saturated carbocycles. The number of aromatic nitrogens is 3. The number of carbonyl (C=O) groups is 1. The van der Waals surface area contributed by atoms with Crippen LogP contribution in [-0.4, -0.2) is 20.0 Å². The Morgan fingerprint density at radius 2 is 1.87 bits per heavy atom. The molecule has 0 aliphatic heterocycles. The number of aromatic amines is 1. The summed E-state index contributed by atoms with van der Waals surface area (Å²) in [5, 5.41) is 2.65. The van der Waals surface area contributed by atoms with Gasteiger partial charge in [-0.25, -0.2) is 9.59 Å². The van der Waals surface area contributed by atoms with Crippen LogP contribution in [0, 0.1) is 5.92 Å². The zero-order valence-electron chi connectivity index (χ0n) is 16.7. The van der Waals surface area contributed by atoms with Crippen LogP contribution in [0.1, 0.15) is 24.2 Å². The lowest BCUT2D eigenvalue weighted by Crippen LogP contribution is -2.38. The second kappa shape index (κ2) is 7.18. The zero-order valence-corrected chi connectivity index (χ0v) is 16.7. The van der Waals surface area contributed by atoms with E-state index in [1.807, 2.05) is 13.8 Å². The Morgan fingerprint density at radius 3 is 2.53 bits per heavy atom. The molecule has 3 aromatic heterocycles. The lowest BCUT2D eigenvalue weighted by Gasteiger charge is -2.11. The number of benzene rings is 1. The van der Waals surface area contributed by atoms with Gasteiger partial charge in [-0.1, -0.05) is 32.0 Å². The highest BCUT2D eigenvalue weighted by Crippen LogP contribution is 2.23. The van der Waals surface area contributed by atoms with Crippen molar-refractivity contribution in [1.29, 1.82) is 0 Å². The van der Waals surface area contributed by atoms with Gasteiger partial charge in [0.1, 0.15) is 16.7 Å². The van der Waals surface area contributed by atoms with E-state index in [0.29, 0.717) is 17.6 Å². The number of nitrogens with zero attached hydrogens (tertiary/aromatic N) is 2. The number of hydrogen-bond acceptors (Lipinski definition) is 5. The number of anilines is 1. The smallest absolute Gasteiger partial charge is 0.360 e. The van der Waals surface area contributed by atoms with Crippen LogP contribution >= 0.6 is 0 Å². The molecule has 3 heterocycles. The maximum Gasteiger partial charge on any atom is 0.360 e. The number of rotatable bonds is 4. The second-order valence-corrected chi connectivity index (χ2v) is 7.51. The van der Waals surface area contributed by atoms with E-state index in [0.717, 1.165) is 4.57 Å². The Balaban J connectivity index is 1.92. The van der Waals surface area contributed by atoms with E-state index in [-0.39, 0.29) is 28.2 Å². The highest BCUT2D eigenvalue weighted by Gasteiger charge is 2.20. The third kappa shape index (κ3) is 3.14. The van der Waals surface area contributed by atoms with Crippen molar-refractivity contribution in [3.63, 3.8) is 0 Å². The van der Waals surface area contributed by atoms with E-state index in [1.165, 1.54) is 17.7 Å². The molecule has 0 aliphatic rings. The summed E-state index contributed by atoms with van der Waals surface area (Å²) in [5.41, 5.74) is -0.860. The number of carbonyl (C=O) groups excluding carboxylic acids is 1. The monoisotopic (exact) mass is 408 g/mol. The van der Waals surface area contributed by atoms with Gasteiger partial charge in [-0.3, -0.25) is 18.7 Å². The van der Waals surface area contributed by atoms with E-state index in [2.05, 4.69) is 10.3 Å². The summed E-state index contributed by atoms with van der Waals surface area (Å²) >= 11 is 0. The van der Waals surface area contributed by atoms with Crippen LogP contribution in [0.4, 0.5) is 5.69 Å². The van der Waals surface area contributed by atoms with E-state index in [4.69, 9.17) is 4.42 Å². The van der Waals surface area contributed by atoms with Crippen LogP contribution in [0.2, 0.25) is 0 Å². The molecule has 0 bridgehead atoms. The number of amides is 1. The van der Waals surface area contributed by atoms with Gasteiger partial charge in [0, 0.05) is 19.2 Å². The van der Waals surface area contributed by atoms with Gasteiger partial charge < -0.3 is 14.7 Å². The average Bonchev–Trinajstić information content (AvgIpc) is 3.08. The van der Waals surface area contributed by atoms with E-state index < -0.39 is 22.8 Å². The molecule has 2 N–H and O–H groups in total. The van der Waals surface area contributed by atoms with E-state index in [1.54, 1.807) is 30.3 Å². The summed E-state index contributed by atoms with van der Waals surface area (Å²) in [4.78, 5) is 53.2.